The van der Waals surface area contributed by atoms with Crippen LogP contribution in [-0.4, -0.2) is 21.3 Å². The van der Waals surface area contributed by atoms with Crippen molar-refractivity contribution in [3.05, 3.63) is 60.3 Å². The number of Topliss-reactive ketones (excluding diaryl/α,β-unsaturated/α-hetero) is 1. The Kier molecular flexibility index (Phi) is 2.92. The number of aliphatic imine (C=N–C) groups is 1. The molecule has 0 spiro atoms. The van der Waals surface area contributed by atoms with Crippen LogP contribution in [-0.2, 0) is 4.79 Å². The van der Waals surface area contributed by atoms with Gasteiger partial charge in [-0.05, 0) is 35.2 Å². The molecule has 2 atom stereocenters. The molecule has 2 heterocycles. The minimum atomic E-state index is -0.174. The van der Waals surface area contributed by atoms with Crippen LogP contribution in [0.15, 0.2) is 59.7 Å². The third kappa shape index (κ3) is 1.96. The van der Waals surface area contributed by atoms with Gasteiger partial charge in [-0.15, -0.1) is 0 Å². The quantitative estimate of drug-likeness (QED) is 0.679. The average molecular weight is 315 g/mol. The Hall–Kier alpha value is -2.75. The summed E-state index contributed by atoms with van der Waals surface area (Å²) in [5, 5.41) is 6.88. The van der Waals surface area contributed by atoms with E-state index >= 15 is 0 Å². The summed E-state index contributed by atoms with van der Waals surface area (Å²) in [6.07, 6.45) is 4.23. The highest BCUT2D eigenvalue weighted by molar-refractivity contribution is 6.09. The summed E-state index contributed by atoms with van der Waals surface area (Å²) in [6, 6.07) is 16.6. The van der Waals surface area contributed by atoms with Crippen LogP contribution in [0.4, 0.5) is 5.82 Å². The minimum absolute atomic E-state index is 0.0834. The highest BCUT2D eigenvalue weighted by Crippen LogP contribution is 2.40. The number of hydrogen-bond donors (Lipinski definition) is 0. The third-order valence-corrected chi connectivity index (χ3v) is 5.16. The topological polar surface area (TPSA) is 47.2 Å². The number of carbonyl (C=O) groups excluding carboxylic acids is 1. The van der Waals surface area contributed by atoms with Gasteiger partial charge in [-0.3, -0.25) is 4.79 Å². The smallest absolute Gasteiger partial charge is 0.150 e. The molecule has 118 valence electrons. The van der Waals surface area contributed by atoms with Crippen LogP contribution in [0.25, 0.3) is 10.8 Å². The predicted octanol–water partition coefficient (Wildman–Crippen LogP) is 4.08. The fraction of sp³-hybridized carbons (Fsp3) is 0.250. The number of fused-ring (bicyclic) bond motifs is 3. The highest BCUT2D eigenvalue weighted by Gasteiger charge is 2.40. The van der Waals surface area contributed by atoms with Gasteiger partial charge in [0.1, 0.15) is 5.78 Å². The molecule has 5 rings (SSSR count). The maximum Gasteiger partial charge on any atom is 0.150 e. The lowest BCUT2D eigenvalue weighted by atomic mass is 9.77. The van der Waals surface area contributed by atoms with Crippen molar-refractivity contribution in [3.63, 3.8) is 0 Å². The van der Waals surface area contributed by atoms with Crippen molar-refractivity contribution in [1.29, 1.82) is 0 Å². The normalized spacial score (nSPS) is 22.8. The van der Waals surface area contributed by atoms with Crippen molar-refractivity contribution in [2.75, 3.05) is 0 Å². The summed E-state index contributed by atoms with van der Waals surface area (Å²) in [4.78, 5) is 17.4. The first-order valence-corrected chi connectivity index (χ1v) is 8.44. The van der Waals surface area contributed by atoms with E-state index in [1.807, 2.05) is 22.9 Å². The third-order valence-electron chi connectivity index (χ3n) is 5.16. The summed E-state index contributed by atoms with van der Waals surface area (Å²) in [6.45, 7) is 0. The van der Waals surface area contributed by atoms with Crippen molar-refractivity contribution in [1.82, 2.24) is 9.78 Å². The van der Waals surface area contributed by atoms with Gasteiger partial charge in [0.25, 0.3) is 0 Å². The lowest BCUT2D eigenvalue weighted by molar-refractivity contribution is -0.122. The van der Waals surface area contributed by atoms with Crippen molar-refractivity contribution in [2.24, 2.45) is 10.9 Å². The summed E-state index contributed by atoms with van der Waals surface area (Å²) >= 11 is 0. The monoisotopic (exact) mass is 315 g/mol. The van der Waals surface area contributed by atoms with Gasteiger partial charge in [-0.1, -0.05) is 36.4 Å². The Labute approximate surface area is 139 Å². The van der Waals surface area contributed by atoms with E-state index in [0.29, 0.717) is 12.2 Å². The lowest BCUT2D eigenvalue weighted by Crippen LogP contribution is -2.39. The Morgan fingerprint density at radius 2 is 1.88 bits per heavy atom. The van der Waals surface area contributed by atoms with Crippen LogP contribution in [0, 0.1) is 5.92 Å². The first-order chi connectivity index (χ1) is 11.8. The first-order valence-electron chi connectivity index (χ1n) is 8.44. The van der Waals surface area contributed by atoms with Gasteiger partial charge in [0.2, 0.25) is 0 Å². The largest absolute Gasteiger partial charge is 0.299 e. The van der Waals surface area contributed by atoms with Crippen LogP contribution >= 0.6 is 0 Å². The molecule has 2 aromatic carbocycles. The fourth-order valence-electron chi connectivity index (χ4n) is 4.05. The highest BCUT2D eigenvalue weighted by atomic mass is 16.1. The van der Waals surface area contributed by atoms with Crippen molar-refractivity contribution >= 4 is 28.1 Å². The summed E-state index contributed by atoms with van der Waals surface area (Å²) in [5.74, 6) is 0.973. The Bertz CT molecular complexity index is 985. The SMILES string of the molecule is O=C1CCCC2=Nc3ccnn3C(c3ccc4ccccc4c3)C12. The number of hydrogen-bond acceptors (Lipinski definition) is 3. The van der Waals surface area contributed by atoms with Gasteiger partial charge in [-0.2, -0.15) is 5.10 Å². The Morgan fingerprint density at radius 1 is 1.00 bits per heavy atom. The average Bonchev–Trinajstić information content (AvgIpc) is 3.08. The molecule has 4 heteroatoms. The zero-order valence-electron chi connectivity index (χ0n) is 13.2. The van der Waals surface area contributed by atoms with Crippen molar-refractivity contribution in [2.45, 2.75) is 25.3 Å². The second kappa shape index (κ2) is 5.13. The number of ketones is 1. The van der Waals surface area contributed by atoms with Crippen LogP contribution in [0.5, 0.6) is 0 Å². The number of benzene rings is 2. The molecular weight excluding hydrogens is 298 g/mol. The van der Waals surface area contributed by atoms with Gasteiger partial charge in [0.05, 0.1) is 18.2 Å². The standard InChI is InChI=1S/C20H17N3O/c24-17-7-3-6-16-19(17)20(23-18(22-16)10-11-21-23)15-9-8-13-4-1-2-5-14(13)12-15/h1-2,4-5,8-12,19-20H,3,6-7H2. The zero-order chi connectivity index (χ0) is 16.1. The van der Waals surface area contributed by atoms with Crippen LogP contribution in [0.3, 0.4) is 0 Å². The van der Waals surface area contributed by atoms with E-state index < -0.39 is 0 Å². The molecule has 2 aliphatic rings. The van der Waals surface area contributed by atoms with Gasteiger partial charge < -0.3 is 0 Å². The van der Waals surface area contributed by atoms with Crippen LogP contribution < -0.4 is 0 Å². The first kappa shape index (κ1) is 13.7. The van der Waals surface area contributed by atoms with Crippen LogP contribution in [0.1, 0.15) is 30.9 Å². The van der Waals surface area contributed by atoms with E-state index in [1.54, 1.807) is 6.20 Å². The molecule has 0 amide bonds. The van der Waals surface area contributed by atoms with E-state index in [4.69, 9.17) is 4.99 Å². The molecule has 1 saturated carbocycles. The molecule has 1 fully saturated rings. The molecule has 3 aromatic rings. The molecule has 4 nitrogen and oxygen atoms in total. The Morgan fingerprint density at radius 3 is 2.79 bits per heavy atom. The predicted molar refractivity (Wildman–Crippen MR) is 93.8 cm³/mol. The van der Waals surface area contributed by atoms with E-state index in [1.165, 1.54) is 10.8 Å². The van der Waals surface area contributed by atoms with Gasteiger partial charge in [0, 0.05) is 18.2 Å². The van der Waals surface area contributed by atoms with E-state index in [9.17, 15) is 4.79 Å². The van der Waals surface area contributed by atoms with Crippen molar-refractivity contribution < 1.29 is 4.79 Å². The molecule has 0 bridgehead atoms. The molecular formula is C20H17N3O. The zero-order valence-corrected chi connectivity index (χ0v) is 13.2. The molecule has 0 saturated heterocycles. The molecule has 0 radical (unpaired) electrons. The lowest BCUT2D eigenvalue weighted by Gasteiger charge is -2.34. The molecule has 24 heavy (non-hydrogen) atoms. The Balaban J connectivity index is 1.71. The summed E-state index contributed by atoms with van der Waals surface area (Å²) < 4.78 is 1.92. The van der Waals surface area contributed by atoms with Gasteiger partial charge >= 0.3 is 0 Å². The van der Waals surface area contributed by atoms with E-state index in [2.05, 4.69) is 35.4 Å². The number of nitrogens with zero attached hydrogens (tertiary/aromatic N) is 3. The van der Waals surface area contributed by atoms with Gasteiger partial charge in [0.15, 0.2) is 5.82 Å². The van der Waals surface area contributed by atoms with Crippen molar-refractivity contribution in [3.8, 4) is 0 Å². The second-order valence-electron chi connectivity index (χ2n) is 6.59. The molecule has 1 aliphatic heterocycles. The summed E-state index contributed by atoms with van der Waals surface area (Å²) in [7, 11) is 0. The van der Waals surface area contributed by atoms with E-state index in [-0.39, 0.29) is 12.0 Å². The molecule has 0 N–H and O–H groups in total. The second-order valence-corrected chi connectivity index (χ2v) is 6.59. The number of aromatic nitrogens is 2. The van der Waals surface area contributed by atoms with Gasteiger partial charge in [-0.25, -0.2) is 9.67 Å². The van der Waals surface area contributed by atoms with Crippen LogP contribution in [0.2, 0.25) is 0 Å². The minimum Gasteiger partial charge on any atom is -0.299 e. The number of carbonyl (C=O) groups is 1. The maximum absolute atomic E-state index is 12.7. The van der Waals surface area contributed by atoms with E-state index in [0.717, 1.165) is 29.9 Å². The molecule has 1 aliphatic carbocycles. The summed E-state index contributed by atoms with van der Waals surface area (Å²) in [5.41, 5.74) is 2.16. The maximum atomic E-state index is 12.7. The molecule has 1 aromatic heterocycles. The fourth-order valence-corrected chi connectivity index (χ4v) is 4.05. The molecule has 2 unspecified atom stereocenters. The number of rotatable bonds is 1.